The molecule has 3 heteroatoms. The average Bonchev–Trinajstić information content (AvgIpc) is 2.76. The standard InChI is InChI=1S/C30H28O3/c1-29(2,3)24-15-13-22(14-16-24)26-19-30(4,5)33-27-17-10-21(18-25(26)27)7-6-20-8-11-23(12-9-20)28(31)32/h8-19H,1-5H3,(H,31,32). The normalized spacial score (nSPS) is 14.3. The van der Waals surface area contributed by atoms with Crippen LogP contribution in [0, 0.1) is 11.8 Å². The molecule has 0 saturated carbocycles. The van der Waals surface area contributed by atoms with Gasteiger partial charge in [0.1, 0.15) is 11.4 Å². The van der Waals surface area contributed by atoms with Gasteiger partial charge in [-0.2, -0.15) is 0 Å². The summed E-state index contributed by atoms with van der Waals surface area (Å²) in [6.07, 6.45) is 2.17. The first-order valence-corrected chi connectivity index (χ1v) is 11.0. The van der Waals surface area contributed by atoms with E-state index in [1.54, 1.807) is 24.3 Å². The van der Waals surface area contributed by atoms with Crippen molar-refractivity contribution in [2.45, 2.75) is 45.6 Å². The van der Waals surface area contributed by atoms with Crippen molar-refractivity contribution in [3.8, 4) is 17.6 Å². The van der Waals surface area contributed by atoms with Gasteiger partial charge in [0.05, 0.1) is 5.56 Å². The Hall–Kier alpha value is -3.77. The van der Waals surface area contributed by atoms with Gasteiger partial charge in [0, 0.05) is 16.7 Å². The third kappa shape index (κ3) is 5.02. The van der Waals surface area contributed by atoms with Gasteiger partial charge in [0.15, 0.2) is 0 Å². The fourth-order valence-electron chi connectivity index (χ4n) is 3.87. The highest BCUT2D eigenvalue weighted by Crippen LogP contribution is 2.40. The summed E-state index contributed by atoms with van der Waals surface area (Å²) in [5, 5.41) is 9.05. The number of aromatic carboxylic acids is 1. The summed E-state index contributed by atoms with van der Waals surface area (Å²) in [5.74, 6) is 6.23. The van der Waals surface area contributed by atoms with Crippen molar-refractivity contribution in [1.82, 2.24) is 0 Å². The number of benzene rings is 3. The summed E-state index contributed by atoms with van der Waals surface area (Å²) < 4.78 is 6.22. The molecule has 0 spiro atoms. The number of carboxylic acids is 1. The minimum Gasteiger partial charge on any atom is -0.483 e. The highest BCUT2D eigenvalue weighted by molar-refractivity contribution is 5.87. The maximum absolute atomic E-state index is 11.0. The van der Waals surface area contributed by atoms with E-state index in [-0.39, 0.29) is 11.0 Å². The van der Waals surface area contributed by atoms with E-state index in [2.05, 4.69) is 82.9 Å². The topological polar surface area (TPSA) is 46.5 Å². The molecule has 0 aliphatic carbocycles. The molecule has 1 heterocycles. The largest absolute Gasteiger partial charge is 0.483 e. The molecule has 166 valence electrons. The number of hydrogen-bond acceptors (Lipinski definition) is 2. The zero-order valence-electron chi connectivity index (χ0n) is 19.7. The first-order chi connectivity index (χ1) is 15.5. The van der Waals surface area contributed by atoms with Crippen molar-refractivity contribution in [2.75, 3.05) is 0 Å². The van der Waals surface area contributed by atoms with Crippen LogP contribution in [0.15, 0.2) is 72.8 Å². The van der Waals surface area contributed by atoms with E-state index in [4.69, 9.17) is 9.84 Å². The summed E-state index contributed by atoms with van der Waals surface area (Å²) in [7, 11) is 0. The van der Waals surface area contributed by atoms with Crippen LogP contribution in [0.3, 0.4) is 0 Å². The predicted octanol–water partition coefficient (Wildman–Crippen LogP) is 6.68. The van der Waals surface area contributed by atoms with E-state index in [9.17, 15) is 4.79 Å². The quantitative estimate of drug-likeness (QED) is 0.456. The fourth-order valence-corrected chi connectivity index (χ4v) is 3.87. The Balaban J connectivity index is 1.70. The van der Waals surface area contributed by atoms with Gasteiger partial charge in [-0.1, -0.05) is 56.9 Å². The lowest BCUT2D eigenvalue weighted by Crippen LogP contribution is -2.29. The van der Waals surface area contributed by atoms with Gasteiger partial charge in [0.25, 0.3) is 0 Å². The van der Waals surface area contributed by atoms with E-state index >= 15 is 0 Å². The maximum Gasteiger partial charge on any atom is 0.335 e. The maximum atomic E-state index is 11.0. The second-order valence-electron chi connectivity index (χ2n) is 9.93. The molecule has 1 N–H and O–H groups in total. The molecule has 0 saturated heterocycles. The van der Waals surface area contributed by atoms with Gasteiger partial charge < -0.3 is 9.84 Å². The van der Waals surface area contributed by atoms with Crippen molar-refractivity contribution >= 4 is 11.5 Å². The Bertz CT molecular complexity index is 1290. The molecule has 33 heavy (non-hydrogen) atoms. The summed E-state index contributed by atoms with van der Waals surface area (Å²) in [6, 6.07) is 21.3. The molecule has 0 fully saturated rings. The molecule has 1 aliphatic rings. The molecular formula is C30H28O3. The van der Waals surface area contributed by atoms with Gasteiger partial charge in [-0.15, -0.1) is 0 Å². The molecule has 0 bridgehead atoms. The second kappa shape index (κ2) is 8.30. The van der Waals surface area contributed by atoms with Crippen LogP contribution in [0.1, 0.15) is 72.8 Å². The Labute approximate surface area is 195 Å². The number of hydrogen-bond donors (Lipinski definition) is 1. The molecule has 1 aliphatic heterocycles. The molecule has 0 atom stereocenters. The highest BCUT2D eigenvalue weighted by atomic mass is 16.5. The van der Waals surface area contributed by atoms with Crippen LogP contribution >= 0.6 is 0 Å². The van der Waals surface area contributed by atoms with E-state index < -0.39 is 11.6 Å². The van der Waals surface area contributed by atoms with Gasteiger partial charge in [-0.05, 0) is 84.5 Å². The Morgan fingerprint density at radius 1 is 0.879 bits per heavy atom. The van der Waals surface area contributed by atoms with Gasteiger partial charge in [0.2, 0.25) is 0 Å². The Morgan fingerprint density at radius 3 is 2.09 bits per heavy atom. The SMILES string of the molecule is CC1(C)C=C(c2ccc(C(C)(C)C)cc2)c2cc(C#Cc3ccc(C(=O)O)cc3)ccc2O1. The number of fused-ring (bicyclic) bond motifs is 1. The van der Waals surface area contributed by atoms with Crippen LogP contribution in [-0.2, 0) is 5.41 Å². The smallest absolute Gasteiger partial charge is 0.335 e. The van der Waals surface area contributed by atoms with Crippen LogP contribution in [-0.4, -0.2) is 16.7 Å². The van der Waals surface area contributed by atoms with Crippen LogP contribution in [0.5, 0.6) is 5.75 Å². The van der Waals surface area contributed by atoms with E-state index in [0.717, 1.165) is 33.6 Å². The minimum absolute atomic E-state index is 0.102. The number of ether oxygens (including phenoxy) is 1. The molecule has 3 aromatic carbocycles. The predicted molar refractivity (Wildman–Crippen MR) is 133 cm³/mol. The number of rotatable bonds is 2. The lowest BCUT2D eigenvalue weighted by atomic mass is 9.84. The molecule has 0 amide bonds. The van der Waals surface area contributed by atoms with E-state index in [0.29, 0.717) is 0 Å². The lowest BCUT2D eigenvalue weighted by molar-refractivity contribution is 0.0697. The monoisotopic (exact) mass is 436 g/mol. The molecular weight excluding hydrogens is 408 g/mol. The minimum atomic E-state index is -0.943. The molecule has 0 radical (unpaired) electrons. The van der Waals surface area contributed by atoms with Crippen LogP contribution in [0.25, 0.3) is 5.57 Å². The zero-order chi connectivity index (χ0) is 23.8. The number of carboxylic acid groups (broad SMARTS) is 1. The molecule has 0 unspecified atom stereocenters. The van der Waals surface area contributed by atoms with E-state index in [1.807, 2.05) is 12.1 Å². The third-order valence-electron chi connectivity index (χ3n) is 5.68. The first kappa shape index (κ1) is 22.4. The fraction of sp³-hybridized carbons (Fsp3) is 0.233. The van der Waals surface area contributed by atoms with Gasteiger partial charge in [-0.3, -0.25) is 0 Å². The summed E-state index contributed by atoms with van der Waals surface area (Å²) in [5.41, 5.74) is 6.18. The summed E-state index contributed by atoms with van der Waals surface area (Å²) in [4.78, 5) is 11.0. The van der Waals surface area contributed by atoms with Gasteiger partial charge >= 0.3 is 5.97 Å². The Morgan fingerprint density at radius 2 is 1.48 bits per heavy atom. The van der Waals surface area contributed by atoms with Crippen molar-refractivity contribution in [2.24, 2.45) is 0 Å². The van der Waals surface area contributed by atoms with Gasteiger partial charge in [-0.25, -0.2) is 4.79 Å². The van der Waals surface area contributed by atoms with Crippen LogP contribution < -0.4 is 4.74 Å². The zero-order valence-corrected chi connectivity index (χ0v) is 19.7. The third-order valence-corrected chi connectivity index (χ3v) is 5.68. The lowest BCUT2D eigenvalue weighted by Gasteiger charge is -2.31. The first-order valence-electron chi connectivity index (χ1n) is 11.0. The second-order valence-corrected chi connectivity index (χ2v) is 9.93. The van der Waals surface area contributed by atoms with Crippen LogP contribution in [0.4, 0.5) is 0 Å². The average molecular weight is 437 g/mol. The van der Waals surface area contributed by atoms with Crippen molar-refractivity contribution in [1.29, 1.82) is 0 Å². The molecule has 3 aromatic rings. The van der Waals surface area contributed by atoms with Crippen molar-refractivity contribution < 1.29 is 14.6 Å². The summed E-state index contributed by atoms with van der Waals surface area (Å²) >= 11 is 0. The molecule has 3 nitrogen and oxygen atoms in total. The summed E-state index contributed by atoms with van der Waals surface area (Å²) in [6.45, 7) is 10.8. The Kier molecular flexibility index (Phi) is 5.64. The highest BCUT2D eigenvalue weighted by Gasteiger charge is 2.27. The van der Waals surface area contributed by atoms with Crippen LogP contribution in [0.2, 0.25) is 0 Å². The van der Waals surface area contributed by atoms with E-state index in [1.165, 1.54) is 5.56 Å². The molecule has 4 rings (SSSR count). The van der Waals surface area contributed by atoms with Crippen molar-refractivity contribution in [3.63, 3.8) is 0 Å². The molecule has 0 aromatic heterocycles. The number of carbonyl (C=O) groups is 1. The van der Waals surface area contributed by atoms with Crippen molar-refractivity contribution in [3.05, 3.63) is 106 Å².